The fraction of sp³-hybridized carbons (Fsp3) is 0.0769. The van der Waals surface area contributed by atoms with Crippen molar-refractivity contribution in [1.82, 2.24) is 10.2 Å². The smallest absolute Gasteiger partial charge is 0.258 e. The van der Waals surface area contributed by atoms with Crippen LogP contribution in [0.5, 0.6) is 0 Å². The van der Waals surface area contributed by atoms with Crippen molar-refractivity contribution in [2.45, 2.75) is 10.1 Å². The number of nitro groups is 2. The highest BCUT2D eigenvalue weighted by molar-refractivity contribution is 7.86. The van der Waals surface area contributed by atoms with Gasteiger partial charge in [0.05, 0.1) is 31.3 Å². The van der Waals surface area contributed by atoms with Crippen molar-refractivity contribution in [3.05, 3.63) is 62.2 Å². The Morgan fingerprint density at radius 3 is 2.52 bits per heavy atom. The van der Waals surface area contributed by atoms with Gasteiger partial charge in [-0.2, -0.15) is 0 Å². The number of benzene rings is 1. The van der Waals surface area contributed by atoms with E-state index in [0.29, 0.717) is 15.4 Å². The molecular weight excluding hydrogens is 388 g/mol. The highest BCUT2D eigenvalue weighted by atomic mass is 32.2. The van der Waals surface area contributed by atoms with Crippen LogP contribution in [0, 0.1) is 20.2 Å². The lowest BCUT2D eigenvalue weighted by Crippen LogP contribution is -1.97. The first kappa shape index (κ1) is 17.3. The zero-order chi connectivity index (χ0) is 18.0. The molecule has 0 bridgehead atoms. The van der Waals surface area contributed by atoms with E-state index >= 15 is 0 Å². The lowest BCUT2D eigenvalue weighted by Gasteiger charge is -1.99. The van der Waals surface area contributed by atoms with Gasteiger partial charge in [0.15, 0.2) is 5.01 Å². The zero-order valence-corrected chi connectivity index (χ0v) is 14.7. The number of thiophene rings is 1. The van der Waals surface area contributed by atoms with Gasteiger partial charge in [0.25, 0.3) is 5.69 Å². The molecule has 3 aromatic rings. The number of nitrogens with zero attached hydrogens (tertiary/aromatic N) is 4. The monoisotopic (exact) mass is 396 g/mol. The first-order chi connectivity index (χ1) is 11.9. The maximum atomic E-state index is 12.4. The van der Waals surface area contributed by atoms with Crippen LogP contribution in [-0.4, -0.2) is 24.3 Å². The average Bonchev–Trinajstić information content (AvgIpc) is 3.24. The molecule has 0 aliphatic rings. The molecule has 128 valence electrons. The normalized spacial score (nSPS) is 12.0. The summed E-state index contributed by atoms with van der Waals surface area (Å²) in [7, 11) is -1.52. The minimum absolute atomic E-state index is 0.00975. The van der Waals surface area contributed by atoms with Crippen LogP contribution in [0.3, 0.4) is 0 Å². The van der Waals surface area contributed by atoms with Gasteiger partial charge in [-0.1, -0.05) is 34.8 Å². The summed E-state index contributed by atoms with van der Waals surface area (Å²) in [5.41, 5.74) is 0.481. The van der Waals surface area contributed by atoms with Crippen LogP contribution >= 0.6 is 22.7 Å². The average molecular weight is 396 g/mol. The van der Waals surface area contributed by atoms with Crippen molar-refractivity contribution in [1.29, 1.82) is 0 Å². The van der Waals surface area contributed by atoms with E-state index in [1.165, 1.54) is 24.3 Å². The molecule has 2 heterocycles. The predicted molar refractivity (Wildman–Crippen MR) is 93.1 cm³/mol. The molecule has 9 nitrogen and oxygen atoms in total. The second kappa shape index (κ2) is 7.13. The fourth-order valence-electron chi connectivity index (χ4n) is 1.92. The van der Waals surface area contributed by atoms with Gasteiger partial charge in [-0.25, -0.2) is 0 Å². The number of rotatable bonds is 6. The summed E-state index contributed by atoms with van der Waals surface area (Å²) in [5, 5.41) is 29.7. The molecule has 0 radical (unpaired) electrons. The molecule has 0 saturated heterocycles. The Morgan fingerprint density at radius 2 is 1.84 bits per heavy atom. The van der Waals surface area contributed by atoms with E-state index in [1.807, 2.05) is 0 Å². The molecule has 2 aromatic heterocycles. The van der Waals surface area contributed by atoms with Crippen molar-refractivity contribution >= 4 is 44.2 Å². The first-order valence-corrected chi connectivity index (χ1v) is 9.59. The molecule has 3 rings (SSSR count). The van der Waals surface area contributed by atoms with E-state index in [1.54, 1.807) is 12.1 Å². The molecule has 12 heteroatoms. The minimum Gasteiger partial charge on any atom is -0.258 e. The van der Waals surface area contributed by atoms with Crippen LogP contribution < -0.4 is 0 Å². The Labute approximate surface area is 150 Å². The maximum absolute atomic E-state index is 12.4. The van der Waals surface area contributed by atoms with E-state index < -0.39 is 20.6 Å². The van der Waals surface area contributed by atoms with Gasteiger partial charge in [0, 0.05) is 18.2 Å². The number of non-ortho nitro benzene ring substituents is 1. The standard InChI is InChI=1S/C13H8N4O5S3/c18-16(19)9-3-1-2-8(6-9)7-25(22)13-15-14-12(24-13)10-4-5-11(23-10)17(20)21/h1-6H,7H2. The number of aromatic nitrogens is 2. The predicted octanol–water partition coefficient (Wildman–Crippen LogP) is 3.39. The quantitative estimate of drug-likeness (QED) is 0.461. The Morgan fingerprint density at radius 1 is 1.04 bits per heavy atom. The van der Waals surface area contributed by atoms with Gasteiger partial charge in [0.2, 0.25) is 4.34 Å². The summed E-state index contributed by atoms with van der Waals surface area (Å²) < 4.78 is 12.7. The van der Waals surface area contributed by atoms with Gasteiger partial charge in [-0.15, -0.1) is 10.2 Å². The summed E-state index contributed by atoms with van der Waals surface area (Å²) >= 11 is 2.04. The number of hydrogen-bond donors (Lipinski definition) is 0. The summed E-state index contributed by atoms with van der Waals surface area (Å²) in [6.45, 7) is 0. The van der Waals surface area contributed by atoms with Gasteiger partial charge in [-0.3, -0.25) is 24.4 Å². The Bertz CT molecular complexity index is 983. The highest BCUT2D eigenvalue weighted by Crippen LogP contribution is 2.35. The molecular formula is C13H8N4O5S3. The Balaban J connectivity index is 1.77. The van der Waals surface area contributed by atoms with Gasteiger partial charge in [-0.05, 0) is 11.6 Å². The lowest BCUT2D eigenvalue weighted by molar-refractivity contribution is -0.384. The Hall–Kier alpha value is -2.57. The second-order valence-electron chi connectivity index (χ2n) is 4.68. The zero-order valence-electron chi connectivity index (χ0n) is 12.2. The highest BCUT2D eigenvalue weighted by Gasteiger charge is 2.18. The molecule has 0 fully saturated rings. The van der Waals surface area contributed by atoms with Crippen LogP contribution in [0.2, 0.25) is 0 Å². The molecule has 25 heavy (non-hydrogen) atoms. The summed E-state index contributed by atoms with van der Waals surface area (Å²) in [4.78, 5) is 21.1. The Kier molecular flexibility index (Phi) is 4.92. The van der Waals surface area contributed by atoms with Crippen LogP contribution in [0.25, 0.3) is 9.88 Å². The van der Waals surface area contributed by atoms with E-state index in [0.717, 1.165) is 22.7 Å². The van der Waals surface area contributed by atoms with Crippen molar-refractivity contribution < 1.29 is 14.1 Å². The van der Waals surface area contributed by atoms with Crippen LogP contribution in [-0.2, 0) is 16.6 Å². The number of hydrogen-bond acceptors (Lipinski definition) is 9. The minimum atomic E-state index is -1.52. The van der Waals surface area contributed by atoms with Crippen LogP contribution in [0.1, 0.15) is 5.56 Å². The SMILES string of the molecule is O=[N+]([O-])c1cccc(CS(=O)c2nnc(-c3ccc([N+](=O)[O-])s3)s2)c1. The van der Waals surface area contributed by atoms with Crippen molar-refractivity contribution in [3.8, 4) is 9.88 Å². The van der Waals surface area contributed by atoms with Crippen molar-refractivity contribution in [3.63, 3.8) is 0 Å². The van der Waals surface area contributed by atoms with E-state index in [9.17, 15) is 24.4 Å². The third-order valence-electron chi connectivity index (χ3n) is 3.00. The molecule has 0 spiro atoms. The second-order valence-corrected chi connectivity index (χ2v) is 8.35. The van der Waals surface area contributed by atoms with Crippen molar-refractivity contribution in [2.75, 3.05) is 0 Å². The molecule has 0 saturated carbocycles. The van der Waals surface area contributed by atoms with Gasteiger partial charge >= 0.3 is 5.00 Å². The summed E-state index contributed by atoms with van der Waals surface area (Å²) in [6.07, 6.45) is 0. The third-order valence-corrected chi connectivity index (χ3v) is 6.80. The van der Waals surface area contributed by atoms with Gasteiger partial charge < -0.3 is 0 Å². The molecule has 0 aliphatic heterocycles. The molecule has 1 unspecified atom stereocenters. The lowest BCUT2D eigenvalue weighted by atomic mass is 10.2. The van der Waals surface area contributed by atoms with Crippen LogP contribution in [0.4, 0.5) is 10.7 Å². The first-order valence-electron chi connectivity index (χ1n) is 6.64. The molecule has 0 aliphatic carbocycles. The number of nitro benzene ring substituents is 1. The van der Waals surface area contributed by atoms with E-state index in [4.69, 9.17) is 0 Å². The largest absolute Gasteiger partial charge is 0.324 e. The van der Waals surface area contributed by atoms with Gasteiger partial charge in [0.1, 0.15) is 0 Å². The van der Waals surface area contributed by atoms with E-state index in [-0.39, 0.29) is 20.8 Å². The summed E-state index contributed by atoms with van der Waals surface area (Å²) in [6, 6.07) is 8.84. The maximum Gasteiger partial charge on any atom is 0.324 e. The molecule has 1 aromatic carbocycles. The summed E-state index contributed by atoms with van der Waals surface area (Å²) in [5.74, 6) is 0.0703. The fourth-order valence-corrected chi connectivity index (χ4v) is 4.89. The van der Waals surface area contributed by atoms with E-state index in [2.05, 4.69) is 10.2 Å². The molecule has 0 N–H and O–H groups in total. The topological polar surface area (TPSA) is 129 Å². The molecule has 0 amide bonds. The third kappa shape index (κ3) is 3.92. The van der Waals surface area contributed by atoms with Crippen molar-refractivity contribution in [2.24, 2.45) is 0 Å². The molecule has 1 atom stereocenters. The van der Waals surface area contributed by atoms with Crippen LogP contribution in [0.15, 0.2) is 40.7 Å².